The van der Waals surface area contributed by atoms with Crippen LogP contribution in [-0.2, 0) is 12.8 Å². The normalized spacial score (nSPS) is 15.2. The third-order valence-electron chi connectivity index (χ3n) is 3.76. The highest BCUT2D eigenvalue weighted by molar-refractivity contribution is 7.99. The molecule has 2 aromatic carbocycles. The number of hydrogen-bond acceptors (Lipinski definition) is 2. The lowest BCUT2D eigenvalue weighted by Crippen LogP contribution is -2.06. The van der Waals surface area contributed by atoms with E-state index in [9.17, 15) is 4.39 Å². The van der Waals surface area contributed by atoms with Crippen LogP contribution in [0.5, 0.6) is 0 Å². The van der Waals surface area contributed by atoms with E-state index < -0.39 is 0 Å². The average Bonchev–Trinajstić information content (AvgIpc) is 2.88. The Balaban J connectivity index is 1.91. The van der Waals surface area contributed by atoms with Gasteiger partial charge in [0.15, 0.2) is 0 Å². The van der Waals surface area contributed by atoms with Crippen LogP contribution in [0.3, 0.4) is 0 Å². The number of nitrogens with two attached hydrogens (primary N) is 1. The van der Waals surface area contributed by atoms with Crippen LogP contribution in [0.1, 0.15) is 36.1 Å². The number of halogens is 1. The van der Waals surface area contributed by atoms with E-state index in [4.69, 9.17) is 5.73 Å². The SMILES string of the molecule is C[C@H](N)c1cc(F)ccc1Sc1ccc2c(c1)CCC2. The maximum absolute atomic E-state index is 13.4. The van der Waals surface area contributed by atoms with Gasteiger partial charge in [-0.15, -0.1) is 0 Å². The van der Waals surface area contributed by atoms with Gasteiger partial charge in [0.05, 0.1) is 0 Å². The number of fused-ring (bicyclic) bond motifs is 1. The molecule has 0 aromatic heterocycles. The highest BCUT2D eigenvalue weighted by Gasteiger charge is 2.13. The van der Waals surface area contributed by atoms with E-state index in [2.05, 4.69) is 18.2 Å². The van der Waals surface area contributed by atoms with Crippen molar-refractivity contribution in [2.45, 2.75) is 42.0 Å². The van der Waals surface area contributed by atoms with Crippen molar-refractivity contribution in [3.8, 4) is 0 Å². The summed E-state index contributed by atoms with van der Waals surface area (Å²) in [5, 5.41) is 0. The molecular formula is C17H18FNS. The van der Waals surface area contributed by atoms with Crippen molar-refractivity contribution in [1.29, 1.82) is 0 Å². The van der Waals surface area contributed by atoms with E-state index >= 15 is 0 Å². The Morgan fingerprint density at radius 1 is 1.10 bits per heavy atom. The molecule has 0 saturated carbocycles. The largest absolute Gasteiger partial charge is 0.324 e. The molecule has 0 amide bonds. The Hall–Kier alpha value is -1.32. The summed E-state index contributed by atoms with van der Waals surface area (Å²) < 4.78 is 13.4. The number of aryl methyl sites for hydroxylation is 2. The summed E-state index contributed by atoms with van der Waals surface area (Å²) in [6.45, 7) is 1.89. The van der Waals surface area contributed by atoms with Gasteiger partial charge in [-0.25, -0.2) is 4.39 Å². The Labute approximate surface area is 123 Å². The summed E-state index contributed by atoms with van der Waals surface area (Å²) in [5.41, 5.74) is 9.75. The second-order valence-corrected chi connectivity index (χ2v) is 6.47. The first-order valence-electron chi connectivity index (χ1n) is 6.98. The number of hydrogen-bond donors (Lipinski definition) is 1. The van der Waals surface area contributed by atoms with Gasteiger partial charge in [-0.3, -0.25) is 0 Å². The Bertz CT molecular complexity index is 637. The van der Waals surface area contributed by atoms with Crippen LogP contribution in [0.15, 0.2) is 46.2 Å². The first-order valence-corrected chi connectivity index (χ1v) is 7.80. The van der Waals surface area contributed by atoms with Gasteiger partial charge >= 0.3 is 0 Å². The fourth-order valence-corrected chi connectivity index (χ4v) is 3.80. The molecule has 3 rings (SSSR count). The summed E-state index contributed by atoms with van der Waals surface area (Å²) in [6.07, 6.45) is 3.63. The molecule has 2 aromatic rings. The number of rotatable bonds is 3. The van der Waals surface area contributed by atoms with Crippen molar-refractivity contribution < 1.29 is 4.39 Å². The Kier molecular flexibility index (Phi) is 3.81. The summed E-state index contributed by atoms with van der Waals surface area (Å²) >= 11 is 1.67. The summed E-state index contributed by atoms with van der Waals surface area (Å²) in [7, 11) is 0. The van der Waals surface area contributed by atoms with Crippen LogP contribution in [0, 0.1) is 5.82 Å². The van der Waals surface area contributed by atoms with Gasteiger partial charge in [-0.2, -0.15) is 0 Å². The molecular weight excluding hydrogens is 269 g/mol. The highest BCUT2D eigenvalue weighted by Crippen LogP contribution is 2.35. The van der Waals surface area contributed by atoms with E-state index in [1.165, 1.54) is 41.4 Å². The van der Waals surface area contributed by atoms with Gasteiger partial charge in [0.25, 0.3) is 0 Å². The molecule has 3 heteroatoms. The minimum Gasteiger partial charge on any atom is -0.324 e. The van der Waals surface area contributed by atoms with Crippen molar-refractivity contribution >= 4 is 11.8 Å². The molecule has 0 aliphatic heterocycles. The van der Waals surface area contributed by atoms with Gasteiger partial charge in [0.1, 0.15) is 5.82 Å². The fraction of sp³-hybridized carbons (Fsp3) is 0.294. The first kappa shape index (κ1) is 13.7. The van der Waals surface area contributed by atoms with E-state index in [0.717, 1.165) is 10.5 Å². The second-order valence-electron chi connectivity index (χ2n) is 5.36. The van der Waals surface area contributed by atoms with E-state index in [0.29, 0.717) is 0 Å². The van der Waals surface area contributed by atoms with Crippen molar-refractivity contribution in [1.82, 2.24) is 0 Å². The molecule has 1 atom stereocenters. The maximum atomic E-state index is 13.4. The molecule has 1 aliphatic rings. The minimum absolute atomic E-state index is 0.164. The zero-order valence-electron chi connectivity index (χ0n) is 11.5. The van der Waals surface area contributed by atoms with Gasteiger partial charge in [-0.1, -0.05) is 17.8 Å². The van der Waals surface area contributed by atoms with Crippen LogP contribution < -0.4 is 5.73 Å². The smallest absolute Gasteiger partial charge is 0.123 e. The lowest BCUT2D eigenvalue weighted by atomic mass is 10.1. The first-order chi connectivity index (χ1) is 9.63. The standard InChI is InChI=1S/C17H18FNS/c1-11(19)16-10-14(18)6-8-17(16)20-15-7-5-12-3-2-4-13(12)9-15/h5-11H,2-4,19H2,1H3/t11-/m0/s1. The lowest BCUT2D eigenvalue weighted by molar-refractivity contribution is 0.619. The zero-order chi connectivity index (χ0) is 14.1. The van der Waals surface area contributed by atoms with Crippen LogP contribution in [0.2, 0.25) is 0 Å². The molecule has 0 spiro atoms. The van der Waals surface area contributed by atoms with E-state index in [-0.39, 0.29) is 11.9 Å². The van der Waals surface area contributed by atoms with Crippen molar-refractivity contribution in [3.63, 3.8) is 0 Å². The molecule has 0 fully saturated rings. The zero-order valence-corrected chi connectivity index (χ0v) is 12.3. The predicted molar refractivity (Wildman–Crippen MR) is 81.6 cm³/mol. The highest BCUT2D eigenvalue weighted by atomic mass is 32.2. The molecule has 20 heavy (non-hydrogen) atoms. The average molecular weight is 287 g/mol. The molecule has 0 saturated heterocycles. The maximum Gasteiger partial charge on any atom is 0.123 e. The molecule has 1 aliphatic carbocycles. The van der Waals surface area contributed by atoms with Gasteiger partial charge < -0.3 is 5.73 Å². The van der Waals surface area contributed by atoms with Crippen molar-refractivity contribution in [2.24, 2.45) is 5.73 Å². The van der Waals surface area contributed by atoms with Crippen molar-refractivity contribution in [3.05, 3.63) is 58.9 Å². The summed E-state index contributed by atoms with van der Waals surface area (Å²) in [4.78, 5) is 2.25. The molecule has 2 N–H and O–H groups in total. The predicted octanol–water partition coefficient (Wildman–Crippen LogP) is 4.49. The molecule has 1 nitrogen and oxygen atoms in total. The summed E-state index contributed by atoms with van der Waals surface area (Å²) in [6, 6.07) is 11.3. The van der Waals surface area contributed by atoms with Crippen LogP contribution in [-0.4, -0.2) is 0 Å². The molecule has 0 radical (unpaired) electrons. The minimum atomic E-state index is -0.226. The molecule has 0 heterocycles. The van der Waals surface area contributed by atoms with Crippen LogP contribution >= 0.6 is 11.8 Å². The third kappa shape index (κ3) is 2.74. The fourth-order valence-electron chi connectivity index (χ4n) is 2.71. The molecule has 0 bridgehead atoms. The Morgan fingerprint density at radius 2 is 1.90 bits per heavy atom. The van der Waals surface area contributed by atoms with Crippen molar-refractivity contribution in [2.75, 3.05) is 0 Å². The van der Waals surface area contributed by atoms with Crippen LogP contribution in [0.4, 0.5) is 4.39 Å². The Morgan fingerprint density at radius 3 is 2.70 bits per heavy atom. The summed E-state index contributed by atoms with van der Waals surface area (Å²) in [5.74, 6) is -0.226. The topological polar surface area (TPSA) is 26.0 Å². The molecule has 104 valence electrons. The second kappa shape index (κ2) is 5.58. The number of benzene rings is 2. The van der Waals surface area contributed by atoms with Gasteiger partial charge in [0, 0.05) is 15.8 Å². The quantitative estimate of drug-likeness (QED) is 0.900. The van der Waals surface area contributed by atoms with E-state index in [1.54, 1.807) is 17.8 Å². The third-order valence-corrected chi connectivity index (χ3v) is 4.84. The van der Waals surface area contributed by atoms with Crippen LogP contribution in [0.25, 0.3) is 0 Å². The molecule has 0 unspecified atom stereocenters. The lowest BCUT2D eigenvalue weighted by Gasteiger charge is -2.13. The van der Waals surface area contributed by atoms with E-state index in [1.807, 2.05) is 13.0 Å². The van der Waals surface area contributed by atoms with Gasteiger partial charge in [0.2, 0.25) is 0 Å². The monoisotopic (exact) mass is 287 g/mol. The van der Waals surface area contributed by atoms with Gasteiger partial charge in [-0.05, 0) is 73.2 Å².